The van der Waals surface area contributed by atoms with Gasteiger partial charge in [-0.25, -0.2) is 0 Å². The van der Waals surface area contributed by atoms with E-state index in [0.717, 1.165) is 5.92 Å². The molecule has 3 rings (SSSR count). The van der Waals surface area contributed by atoms with E-state index in [-0.39, 0.29) is 0 Å². The molecule has 3 fully saturated rings. The lowest BCUT2D eigenvalue weighted by Crippen LogP contribution is -2.53. The summed E-state index contributed by atoms with van der Waals surface area (Å²) in [5.41, 5.74) is 0.998. The third kappa shape index (κ3) is 0.619. The molecule has 10 heavy (non-hydrogen) atoms. The van der Waals surface area contributed by atoms with Crippen molar-refractivity contribution >= 4 is 0 Å². The summed E-state index contributed by atoms with van der Waals surface area (Å²) in [5.74, 6) is 1.01. The van der Waals surface area contributed by atoms with Crippen LogP contribution in [0.15, 0.2) is 0 Å². The summed E-state index contributed by atoms with van der Waals surface area (Å²) in [7, 11) is 0. The highest BCUT2D eigenvalue weighted by Gasteiger charge is 2.56. The zero-order valence-electron chi connectivity index (χ0n) is 7.20. The Bertz CT molecular complexity index is 143. The van der Waals surface area contributed by atoms with Crippen molar-refractivity contribution in [2.45, 2.75) is 39.2 Å². The van der Waals surface area contributed by atoms with E-state index >= 15 is 0 Å². The van der Waals surface area contributed by atoms with Gasteiger partial charge in [-0.3, -0.25) is 0 Å². The molecule has 3 aliphatic rings. The average molecular weight is 139 g/mol. The monoisotopic (exact) mass is 139 g/mol. The number of rotatable bonds is 0. The molecular formula is C9H17N. The summed E-state index contributed by atoms with van der Waals surface area (Å²) >= 11 is 0. The molecule has 0 unspecified atom stereocenters. The third-order valence-electron chi connectivity index (χ3n) is 3.44. The van der Waals surface area contributed by atoms with E-state index in [4.69, 9.17) is 0 Å². The second-order valence-corrected chi connectivity index (χ2v) is 4.99. The number of hydrogen-bond acceptors (Lipinski definition) is 1. The molecule has 1 N–H and O–H groups in total. The summed E-state index contributed by atoms with van der Waals surface area (Å²) < 4.78 is 0. The minimum atomic E-state index is 0.472. The van der Waals surface area contributed by atoms with Crippen molar-refractivity contribution < 1.29 is 0 Å². The Hall–Kier alpha value is -0.0400. The zero-order valence-corrected chi connectivity index (χ0v) is 7.20. The SMILES string of the molecule is CC(C)(C)C12CC(CN1)C2. The highest BCUT2D eigenvalue weighted by molar-refractivity contribution is 5.13. The highest BCUT2D eigenvalue weighted by atomic mass is 15.1. The molecule has 0 aromatic carbocycles. The molecule has 0 atom stereocenters. The lowest BCUT2D eigenvalue weighted by Gasteiger charge is -2.48. The predicted molar refractivity (Wildman–Crippen MR) is 42.9 cm³/mol. The number of hydrogen-bond donors (Lipinski definition) is 1. The van der Waals surface area contributed by atoms with Crippen LogP contribution in [0.25, 0.3) is 0 Å². The van der Waals surface area contributed by atoms with Gasteiger partial charge in [0.05, 0.1) is 0 Å². The maximum atomic E-state index is 3.65. The second kappa shape index (κ2) is 1.58. The van der Waals surface area contributed by atoms with E-state index in [1.807, 2.05) is 0 Å². The molecule has 0 aromatic rings. The maximum Gasteiger partial charge on any atom is 0.0236 e. The maximum absolute atomic E-state index is 3.65. The summed E-state index contributed by atoms with van der Waals surface area (Å²) in [6, 6.07) is 0. The summed E-state index contributed by atoms with van der Waals surface area (Å²) in [5, 5.41) is 3.65. The van der Waals surface area contributed by atoms with E-state index in [0.29, 0.717) is 11.0 Å². The molecule has 1 heteroatoms. The van der Waals surface area contributed by atoms with Gasteiger partial charge in [-0.15, -0.1) is 0 Å². The standard InChI is InChI=1S/C9H17N/c1-8(2,3)9-4-7(5-9)6-10-9/h7,10H,4-6H2,1-3H3. The van der Waals surface area contributed by atoms with Gasteiger partial charge in [0.15, 0.2) is 0 Å². The van der Waals surface area contributed by atoms with Gasteiger partial charge in [0.1, 0.15) is 0 Å². The average Bonchev–Trinajstić information content (AvgIpc) is 2.08. The lowest BCUT2D eigenvalue weighted by atomic mass is 9.60. The second-order valence-electron chi connectivity index (χ2n) is 4.99. The van der Waals surface area contributed by atoms with Crippen molar-refractivity contribution in [3.63, 3.8) is 0 Å². The topological polar surface area (TPSA) is 12.0 Å². The van der Waals surface area contributed by atoms with Crippen molar-refractivity contribution in [1.82, 2.24) is 5.32 Å². The first-order valence-corrected chi connectivity index (χ1v) is 4.29. The van der Waals surface area contributed by atoms with Crippen LogP contribution in [-0.2, 0) is 0 Å². The number of nitrogens with one attached hydrogen (secondary N) is 1. The molecule has 0 aromatic heterocycles. The van der Waals surface area contributed by atoms with Gasteiger partial charge in [-0.1, -0.05) is 20.8 Å². The summed E-state index contributed by atoms with van der Waals surface area (Å²) in [6.45, 7) is 8.32. The molecule has 2 aliphatic heterocycles. The molecule has 2 heterocycles. The number of fused-ring (bicyclic) bond motifs is 1. The van der Waals surface area contributed by atoms with Crippen LogP contribution >= 0.6 is 0 Å². The van der Waals surface area contributed by atoms with Gasteiger partial charge in [0.25, 0.3) is 0 Å². The molecule has 0 amide bonds. The van der Waals surface area contributed by atoms with Crippen LogP contribution in [0.1, 0.15) is 33.6 Å². The largest absolute Gasteiger partial charge is 0.310 e. The van der Waals surface area contributed by atoms with Crippen molar-refractivity contribution in [2.75, 3.05) is 6.54 Å². The minimum absolute atomic E-state index is 0.472. The van der Waals surface area contributed by atoms with Gasteiger partial charge in [-0.05, 0) is 30.7 Å². The lowest BCUT2D eigenvalue weighted by molar-refractivity contribution is 0.0821. The summed E-state index contributed by atoms with van der Waals surface area (Å²) in [6.07, 6.45) is 2.85. The molecule has 58 valence electrons. The third-order valence-corrected chi connectivity index (χ3v) is 3.44. The summed E-state index contributed by atoms with van der Waals surface area (Å²) in [4.78, 5) is 0. The van der Waals surface area contributed by atoms with Crippen LogP contribution < -0.4 is 5.32 Å². The van der Waals surface area contributed by atoms with Crippen LogP contribution in [0.4, 0.5) is 0 Å². The molecule has 0 radical (unpaired) electrons. The van der Waals surface area contributed by atoms with E-state index in [1.165, 1.54) is 19.4 Å². The Morgan fingerprint density at radius 2 is 1.90 bits per heavy atom. The van der Waals surface area contributed by atoms with Crippen LogP contribution in [0.2, 0.25) is 0 Å². The quantitative estimate of drug-likeness (QED) is 0.539. The smallest absolute Gasteiger partial charge is 0.0236 e. The predicted octanol–water partition coefficient (Wildman–Crippen LogP) is 1.78. The van der Waals surface area contributed by atoms with Crippen molar-refractivity contribution in [2.24, 2.45) is 11.3 Å². The van der Waals surface area contributed by atoms with E-state index < -0.39 is 0 Å². The van der Waals surface area contributed by atoms with Crippen molar-refractivity contribution in [3.05, 3.63) is 0 Å². The Morgan fingerprint density at radius 1 is 1.30 bits per heavy atom. The minimum Gasteiger partial charge on any atom is -0.310 e. The van der Waals surface area contributed by atoms with Crippen LogP contribution in [0.3, 0.4) is 0 Å². The zero-order chi connectivity index (χ0) is 7.41. The van der Waals surface area contributed by atoms with Gasteiger partial charge >= 0.3 is 0 Å². The van der Waals surface area contributed by atoms with Gasteiger partial charge < -0.3 is 5.32 Å². The fourth-order valence-electron chi connectivity index (χ4n) is 2.43. The molecule has 0 spiro atoms. The van der Waals surface area contributed by atoms with Crippen molar-refractivity contribution in [3.8, 4) is 0 Å². The first kappa shape index (κ1) is 6.66. The molecule has 1 saturated carbocycles. The fraction of sp³-hybridized carbons (Fsp3) is 1.00. The first-order chi connectivity index (χ1) is 4.54. The molecule has 1 aliphatic carbocycles. The van der Waals surface area contributed by atoms with Gasteiger partial charge in [0.2, 0.25) is 0 Å². The van der Waals surface area contributed by atoms with Crippen molar-refractivity contribution in [1.29, 1.82) is 0 Å². The first-order valence-electron chi connectivity index (χ1n) is 4.29. The van der Waals surface area contributed by atoms with E-state index in [1.54, 1.807) is 0 Å². The molecule has 2 saturated heterocycles. The Morgan fingerprint density at radius 3 is 2.10 bits per heavy atom. The van der Waals surface area contributed by atoms with Crippen LogP contribution in [0, 0.1) is 11.3 Å². The van der Waals surface area contributed by atoms with Crippen LogP contribution in [0.5, 0.6) is 0 Å². The normalized spacial score (nSPS) is 45.3. The Balaban J connectivity index is 2.18. The van der Waals surface area contributed by atoms with Gasteiger partial charge in [-0.2, -0.15) is 0 Å². The van der Waals surface area contributed by atoms with Crippen LogP contribution in [-0.4, -0.2) is 12.1 Å². The fourth-order valence-corrected chi connectivity index (χ4v) is 2.43. The highest BCUT2D eigenvalue weighted by Crippen LogP contribution is 2.53. The van der Waals surface area contributed by atoms with E-state index in [9.17, 15) is 0 Å². The van der Waals surface area contributed by atoms with E-state index in [2.05, 4.69) is 26.1 Å². The molecular weight excluding hydrogens is 122 g/mol. The molecule has 2 bridgehead atoms. The Kier molecular flexibility index (Phi) is 1.05. The Labute approximate surface area is 63.2 Å². The van der Waals surface area contributed by atoms with Gasteiger partial charge in [0, 0.05) is 5.54 Å². The molecule has 1 nitrogen and oxygen atoms in total.